The molecule has 33 heavy (non-hydrogen) atoms. The molecule has 0 aliphatic rings. The Bertz CT molecular complexity index is 682. The second-order valence-electron chi connectivity index (χ2n) is 8.91. The normalized spacial score (nSPS) is 10.8. The maximum Gasteiger partial charge on any atom is 0.338 e. The van der Waals surface area contributed by atoms with Gasteiger partial charge in [0, 0.05) is 12.6 Å². The molecule has 7 nitrogen and oxygen atoms in total. The summed E-state index contributed by atoms with van der Waals surface area (Å²) in [5.74, 6) is 4.04. The quantitative estimate of drug-likeness (QED) is 0.0871. The van der Waals surface area contributed by atoms with Crippen molar-refractivity contribution in [2.24, 2.45) is 5.84 Å². The van der Waals surface area contributed by atoms with Crippen LogP contribution in [0.3, 0.4) is 0 Å². The minimum atomic E-state index is -0.714. The number of nitrogens with zero attached hydrogens (tertiary/aromatic N) is 1. The van der Waals surface area contributed by atoms with Crippen molar-refractivity contribution in [1.29, 1.82) is 0 Å². The summed E-state index contributed by atoms with van der Waals surface area (Å²) in [6.45, 7) is 2.48. The molecule has 0 aliphatic heterocycles. The van der Waals surface area contributed by atoms with Crippen molar-refractivity contribution in [3.63, 3.8) is 0 Å². The Hall–Kier alpha value is -2.28. The number of imide groups is 1. The first-order valence-electron chi connectivity index (χ1n) is 12.9. The highest BCUT2D eigenvalue weighted by molar-refractivity contribution is 6.05. The van der Waals surface area contributed by atoms with E-state index in [-0.39, 0.29) is 23.6 Å². The van der Waals surface area contributed by atoms with Gasteiger partial charge in [0.25, 0.3) is 5.91 Å². The lowest BCUT2D eigenvalue weighted by atomic mass is 10.0. The Balaban J connectivity index is 2.12. The molecule has 0 heterocycles. The molecule has 0 aliphatic carbocycles. The molecule has 0 radical (unpaired) electrons. The van der Waals surface area contributed by atoms with Crippen LogP contribution in [0.4, 0.5) is 4.79 Å². The zero-order valence-corrected chi connectivity index (χ0v) is 20.5. The molecule has 5 N–H and O–H groups in total. The summed E-state index contributed by atoms with van der Waals surface area (Å²) >= 11 is 0. The van der Waals surface area contributed by atoms with Crippen molar-refractivity contribution >= 4 is 11.9 Å². The summed E-state index contributed by atoms with van der Waals surface area (Å²) in [5.41, 5.74) is 1.94. The minimum Gasteiger partial charge on any atom is -0.508 e. The highest BCUT2D eigenvalue weighted by Crippen LogP contribution is 2.24. The predicted octanol–water partition coefficient (Wildman–Crippen LogP) is 6.38. The van der Waals surface area contributed by atoms with Crippen molar-refractivity contribution in [2.45, 2.75) is 110 Å². The van der Waals surface area contributed by atoms with Gasteiger partial charge in [0.1, 0.15) is 11.5 Å². The number of urea groups is 1. The Morgan fingerprint density at radius 1 is 0.788 bits per heavy atom. The number of amides is 3. The molecule has 0 saturated carbocycles. The maximum absolute atomic E-state index is 12.6. The summed E-state index contributed by atoms with van der Waals surface area (Å²) in [5, 5.41) is 19.3. The average Bonchev–Trinajstić information content (AvgIpc) is 2.80. The Morgan fingerprint density at radius 2 is 1.24 bits per heavy atom. The van der Waals surface area contributed by atoms with Crippen molar-refractivity contribution in [1.82, 2.24) is 10.3 Å². The molecule has 188 valence electrons. The van der Waals surface area contributed by atoms with E-state index in [1.165, 1.54) is 89.2 Å². The van der Waals surface area contributed by atoms with Gasteiger partial charge in [-0.1, -0.05) is 103 Å². The lowest BCUT2D eigenvalue weighted by molar-refractivity contribution is 0.0795. The molecule has 0 fully saturated rings. The molecule has 7 heteroatoms. The maximum atomic E-state index is 12.6. The van der Waals surface area contributed by atoms with Gasteiger partial charge in [0.05, 0.1) is 5.56 Å². The van der Waals surface area contributed by atoms with E-state index in [1.807, 2.05) is 5.43 Å². The smallest absolute Gasteiger partial charge is 0.338 e. The number of nitrogens with one attached hydrogen (secondary N) is 1. The summed E-state index contributed by atoms with van der Waals surface area (Å²) in [6.07, 6.45) is 20.0. The van der Waals surface area contributed by atoms with Crippen LogP contribution in [0, 0.1) is 0 Å². The molecular weight excluding hydrogens is 418 g/mol. The summed E-state index contributed by atoms with van der Waals surface area (Å²) in [6, 6.07) is 2.94. The largest absolute Gasteiger partial charge is 0.508 e. The van der Waals surface area contributed by atoms with Crippen LogP contribution in [0.15, 0.2) is 18.2 Å². The van der Waals surface area contributed by atoms with E-state index in [1.54, 1.807) is 0 Å². The minimum absolute atomic E-state index is 0.0482. The molecule has 0 atom stereocenters. The van der Waals surface area contributed by atoms with Gasteiger partial charge in [-0.05, 0) is 18.6 Å². The summed E-state index contributed by atoms with van der Waals surface area (Å²) in [7, 11) is 0. The van der Waals surface area contributed by atoms with Crippen LogP contribution in [0.2, 0.25) is 0 Å². The number of carbonyl (C=O) groups is 2. The van der Waals surface area contributed by atoms with E-state index in [0.717, 1.165) is 30.2 Å². The molecule has 3 amide bonds. The Labute approximate surface area is 199 Å². The third kappa shape index (κ3) is 12.5. The van der Waals surface area contributed by atoms with Crippen molar-refractivity contribution in [2.75, 3.05) is 6.54 Å². The van der Waals surface area contributed by atoms with E-state index >= 15 is 0 Å². The van der Waals surface area contributed by atoms with Crippen molar-refractivity contribution in [3.8, 4) is 11.5 Å². The topological polar surface area (TPSA) is 116 Å². The second-order valence-corrected chi connectivity index (χ2v) is 8.91. The zero-order valence-electron chi connectivity index (χ0n) is 20.5. The highest BCUT2D eigenvalue weighted by Gasteiger charge is 2.24. The number of phenolic OH excluding ortho intramolecular Hbond substituents is 2. The third-order valence-corrected chi connectivity index (χ3v) is 6.06. The van der Waals surface area contributed by atoms with Crippen LogP contribution in [0.1, 0.15) is 120 Å². The average molecular weight is 464 g/mol. The van der Waals surface area contributed by atoms with Crippen molar-refractivity contribution < 1.29 is 19.8 Å². The fourth-order valence-corrected chi connectivity index (χ4v) is 4.04. The monoisotopic (exact) mass is 463 g/mol. The van der Waals surface area contributed by atoms with Crippen LogP contribution in [-0.4, -0.2) is 33.6 Å². The van der Waals surface area contributed by atoms with E-state index < -0.39 is 11.9 Å². The van der Waals surface area contributed by atoms with Gasteiger partial charge in [-0.25, -0.2) is 10.6 Å². The van der Waals surface area contributed by atoms with Gasteiger partial charge in [-0.3, -0.25) is 15.1 Å². The Kier molecular flexibility index (Phi) is 15.8. The molecule has 1 aromatic carbocycles. The molecule has 0 saturated heterocycles. The molecule has 0 unspecified atom stereocenters. The number of phenols is 2. The molecule has 0 spiro atoms. The van der Waals surface area contributed by atoms with E-state index in [9.17, 15) is 19.8 Å². The van der Waals surface area contributed by atoms with Gasteiger partial charge in [0.2, 0.25) is 0 Å². The first-order chi connectivity index (χ1) is 16.0. The van der Waals surface area contributed by atoms with Crippen LogP contribution in [0.5, 0.6) is 11.5 Å². The number of aromatic hydroxyl groups is 2. The first kappa shape index (κ1) is 28.8. The second kappa shape index (κ2) is 18.2. The molecule has 0 bridgehead atoms. The number of benzene rings is 1. The van der Waals surface area contributed by atoms with E-state index in [4.69, 9.17) is 5.84 Å². The standard InChI is InChI=1S/C26H45N3O4/c1-2-3-4-5-6-7-8-9-10-11-12-13-14-15-16-17-20-29(26(33)28-27)25(32)23-19-18-22(30)21-24(23)31/h18-19,21,30-31H,2-17,20,27H2,1H3,(H,28,33). The summed E-state index contributed by atoms with van der Waals surface area (Å²) < 4.78 is 0. The molecule has 0 aromatic heterocycles. The number of carbonyl (C=O) groups excluding carboxylic acids is 2. The van der Waals surface area contributed by atoms with Gasteiger partial charge in [-0.15, -0.1) is 0 Å². The molecule has 1 aromatic rings. The van der Waals surface area contributed by atoms with Crippen LogP contribution in [-0.2, 0) is 0 Å². The van der Waals surface area contributed by atoms with Crippen LogP contribution in [0.25, 0.3) is 0 Å². The lowest BCUT2D eigenvalue weighted by Gasteiger charge is -2.20. The SMILES string of the molecule is CCCCCCCCCCCCCCCCCCN(C(=O)NN)C(=O)c1ccc(O)cc1O. The third-order valence-electron chi connectivity index (χ3n) is 6.06. The molecule has 1 rings (SSSR count). The van der Waals surface area contributed by atoms with Gasteiger partial charge < -0.3 is 10.2 Å². The lowest BCUT2D eigenvalue weighted by Crippen LogP contribution is -2.47. The number of nitrogens with two attached hydrogens (primary N) is 1. The molecular formula is C26H45N3O4. The van der Waals surface area contributed by atoms with Crippen molar-refractivity contribution in [3.05, 3.63) is 23.8 Å². The number of hydrazine groups is 1. The number of rotatable bonds is 18. The highest BCUT2D eigenvalue weighted by atomic mass is 16.3. The van der Waals surface area contributed by atoms with E-state index in [2.05, 4.69) is 6.92 Å². The Morgan fingerprint density at radius 3 is 1.67 bits per heavy atom. The number of hydrogen-bond donors (Lipinski definition) is 4. The predicted molar refractivity (Wildman–Crippen MR) is 133 cm³/mol. The van der Waals surface area contributed by atoms with E-state index in [0.29, 0.717) is 6.42 Å². The zero-order chi connectivity index (χ0) is 24.3. The fourth-order valence-electron chi connectivity index (χ4n) is 4.04. The summed E-state index contributed by atoms with van der Waals surface area (Å²) in [4.78, 5) is 25.7. The first-order valence-corrected chi connectivity index (χ1v) is 12.9. The van der Waals surface area contributed by atoms with Gasteiger partial charge >= 0.3 is 6.03 Å². The fraction of sp³-hybridized carbons (Fsp3) is 0.692. The number of unbranched alkanes of at least 4 members (excludes halogenated alkanes) is 15. The van der Waals surface area contributed by atoms with Crippen LogP contribution < -0.4 is 11.3 Å². The van der Waals surface area contributed by atoms with Gasteiger partial charge in [-0.2, -0.15) is 0 Å². The van der Waals surface area contributed by atoms with Gasteiger partial charge in [0.15, 0.2) is 0 Å². The number of hydrogen-bond acceptors (Lipinski definition) is 5. The van der Waals surface area contributed by atoms with Crippen LogP contribution >= 0.6 is 0 Å².